The van der Waals surface area contributed by atoms with Crippen LogP contribution in [-0.4, -0.2) is 46.2 Å². The quantitative estimate of drug-likeness (QED) is 0.402. The number of fused-ring (bicyclic) bond motifs is 1. The smallest absolute Gasteiger partial charge is 0.303 e. The fourth-order valence-electron chi connectivity index (χ4n) is 3.45. The minimum absolute atomic E-state index is 0.0741. The summed E-state index contributed by atoms with van der Waals surface area (Å²) in [5.41, 5.74) is 2.13. The number of carbonyl (C=O) groups is 2. The number of allylic oxidation sites excluding steroid dienone is 1. The molecule has 140 valence electrons. The third kappa shape index (κ3) is 4.43. The molecule has 26 heavy (non-hydrogen) atoms. The lowest BCUT2D eigenvalue weighted by Gasteiger charge is -2.39. The Labute approximate surface area is 153 Å². The zero-order chi connectivity index (χ0) is 18.5. The maximum atomic E-state index is 11.8. The van der Waals surface area contributed by atoms with Gasteiger partial charge in [0.25, 0.3) is 0 Å². The molecular formula is C20H25NO5. The zero-order valence-corrected chi connectivity index (χ0v) is 14.8. The summed E-state index contributed by atoms with van der Waals surface area (Å²) in [5, 5.41) is 18.4. The standard InChI is InChI=1S/C20H25NO5/c22-18-9-6-14-11-16(7-8-17(14)18)26-13-15-12-19(23)21(15)10-4-2-1-3-5-20(24)25/h2,4,7-8,11,15,18,22H,1,3,5-6,9-10,12-13H2,(H,24,25)/t15-,18?/m1/s1. The maximum absolute atomic E-state index is 11.8. The maximum Gasteiger partial charge on any atom is 0.303 e. The van der Waals surface area contributed by atoms with Gasteiger partial charge in [0.15, 0.2) is 0 Å². The predicted molar refractivity (Wildman–Crippen MR) is 96.0 cm³/mol. The van der Waals surface area contributed by atoms with Crippen molar-refractivity contribution >= 4 is 11.9 Å². The van der Waals surface area contributed by atoms with E-state index in [9.17, 15) is 14.7 Å². The number of hydrogen-bond donors (Lipinski definition) is 2. The van der Waals surface area contributed by atoms with Crippen LogP contribution in [0.3, 0.4) is 0 Å². The molecule has 1 aliphatic carbocycles. The first-order valence-electron chi connectivity index (χ1n) is 9.14. The fourth-order valence-corrected chi connectivity index (χ4v) is 3.45. The Kier molecular flexibility index (Phi) is 5.93. The van der Waals surface area contributed by atoms with Gasteiger partial charge in [0.1, 0.15) is 12.4 Å². The molecule has 0 bridgehead atoms. The molecule has 0 saturated carbocycles. The molecule has 1 unspecified atom stereocenters. The Morgan fingerprint density at radius 2 is 2.19 bits per heavy atom. The van der Waals surface area contributed by atoms with Crippen molar-refractivity contribution in [1.82, 2.24) is 4.90 Å². The molecular weight excluding hydrogens is 334 g/mol. The average Bonchev–Trinajstić information content (AvgIpc) is 2.97. The van der Waals surface area contributed by atoms with E-state index in [-0.39, 0.29) is 24.5 Å². The molecule has 6 heteroatoms. The van der Waals surface area contributed by atoms with E-state index in [4.69, 9.17) is 9.84 Å². The number of β-lactam (4-membered cyclic amide) rings is 1. The van der Waals surface area contributed by atoms with E-state index in [1.807, 2.05) is 30.4 Å². The summed E-state index contributed by atoms with van der Waals surface area (Å²) >= 11 is 0. The van der Waals surface area contributed by atoms with Crippen molar-refractivity contribution in [3.05, 3.63) is 41.5 Å². The van der Waals surface area contributed by atoms with Crippen molar-refractivity contribution in [3.8, 4) is 5.75 Å². The number of carboxylic acid groups (broad SMARTS) is 1. The highest BCUT2D eigenvalue weighted by Gasteiger charge is 2.35. The van der Waals surface area contributed by atoms with E-state index in [0.717, 1.165) is 29.7 Å². The van der Waals surface area contributed by atoms with Gasteiger partial charge in [-0.15, -0.1) is 0 Å². The molecule has 2 N–H and O–H groups in total. The van der Waals surface area contributed by atoms with Crippen LogP contribution in [0, 0.1) is 0 Å². The van der Waals surface area contributed by atoms with Crippen molar-refractivity contribution in [2.24, 2.45) is 0 Å². The highest BCUT2D eigenvalue weighted by Crippen LogP contribution is 2.33. The molecule has 1 aromatic rings. The predicted octanol–water partition coefficient (Wildman–Crippen LogP) is 2.46. The lowest BCUT2D eigenvalue weighted by molar-refractivity contribution is -0.146. The summed E-state index contributed by atoms with van der Waals surface area (Å²) in [7, 11) is 0. The topological polar surface area (TPSA) is 87.1 Å². The van der Waals surface area contributed by atoms with E-state index < -0.39 is 5.97 Å². The van der Waals surface area contributed by atoms with Gasteiger partial charge in [0.2, 0.25) is 5.91 Å². The minimum atomic E-state index is -0.783. The van der Waals surface area contributed by atoms with Crippen molar-refractivity contribution in [1.29, 1.82) is 0 Å². The number of amides is 1. The van der Waals surface area contributed by atoms with Gasteiger partial charge in [-0.3, -0.25) is 9.59 Å². The SMILES string of the molecule is O=C(O)CCCC=CCN1C(=O)C[C@@H]1COc1ccc2c(c1)CCC2O. The molecule has 0 aromatic heterocycles. The fraction of sp³-hybridized carbons (Fsp3) is 0.500. The van der Waals surface area contributed by atoms with E-state index in [1.54, 1.807) is 4.90 Å². The highest BCUT2D eigenvalue weighted by molar-refractivity contribution is 5.83. The van der Waals surface area contributed by atoms with Crippen LogP contribution in [0.5, 0.6) is 5.75 Å². The first-order valence-corrected chi connectivity index (χ1v) is 9.14. The molecule has 1 amide bonds. The van der Waals surface area contributed by atoms with Gasteiger partial charge in [0, 0.05) is 13.0 Å². The number of likely N-dealkylation sites (tertiary alicyclic amines) is 1. The number of ether oxygens (including phenoxy) is 1. The van der Waals surface area contributed by atoms with Crippen LogP contribution in [-0.2, 0) is 16.0 Å². The first-order chi connectivity index (χ1) is 12.5. The Morgan fingerprint density at radius 3 is 2.96 bits per heavy atom. The van der Waals surface area contributed by atoms with Crippen LogP contribution in [0.4, 0.5) is 0 Å². The van der Waals surface area contributed by atoms with Gasteiger partial charge in [-0.1, -0.05) is 18.2 Å². The van der Waals surface area contributed by atoms with Crippen molar-refractivity contribution in [3.63, 3.8) is 0 Å². The van der Waals surface area contributed by atoms with Crippen LogP contribution < -0.4 is 4.74 Å². The molecule has 1 heterocycles. The van der Waals surface area contributed by atoms with Crippen molar-refractivity contribution < 1.29 is 24.5 Å². The van der Waals surface area contributed by atoms with E-state index in [1.165, 1.54) is 0 Å². The average molecular weight is 359 g/mol. The third-order valence-corrected chi connectivity index (χ3v) is 5.00. The Hall–Kier alpha value is -2.34. The second kappa shape index (κ2) is 8.36. The number of unbranched alkanes of at least 4 members (excludes halogenated alkanes) is 1. The summed E-state index contributed by atoms with van der Waals surface area (Å²) in [4.78, 5) is 24.0. The molecule has 1 aromatic carbocycles. The molecule has 6 nitrogen and oxygen atoms in total. The second-order valence-electron chi connectivity index (χ2n) is 6.89. The number of rotatable bonds is 9. The molecule has 2 atom stereocenters. The van der Waals surface area contributed by atoms with Gasteiger partial charge in [-0.25, -0.2) is 0 Å². The third-order valence-electron chi connectivity index (χ3n) is 5.00. The van der Waals surface area contributed by atoms with Crippen LogP contribution in [0.2, 0.25) is 0 Å². The lowest BCUT2D eigenvalue weighted by Crippen LogP contribution is -2.55. The van der Waals surface area contributed by atoms with Crippen LogP contribution in [0.15, 0.2) is 30.4 Å². The number of aliphatic carboxylic acids is 1. The van der Waals surface area contributed by atoms with Crippen LogP contribution in [0.25, 0.3) is 0 Å². The number of nitrogens with zero attached hydrogens (tertiary/aromatic N) is 1. The first kappa shape index (κ1) is 18.5. The number of aryl methyl sites for hydroxylation is 1. The lowest BCUT2D eigenvalue weighted by atomic mass is 10.0. The molecule has 0 spiro atoms. The summed E-state index contributed by atoms with van der Waals surface area (Å²) in [6.45, 7) is 0.996. The van der Waals surface area contributed by atoms with Gasteiger partial charge < -0.3 is 19.8 Å². The number of carbonyl (C=O) groups excluding carboxylic acids is 1. The minimum Gasteiger partial charge on any atom is -0.491 e. The highest BCUT2D eigenvalue weighted by atomic mass is 16.5. The number of carboxylic acids is 1. The Bertz CT molecular complexity index is 699. The Morgan fingerprint density at radius 1 is 1.35 bits per heavy atom. The van der Waals surface area contributed by atoms with E-state index in [2.05, 4.69) is 0 Å². The van der Waals surface area contributed by atoms with Crippen LogP contribution >= 0.6 is 0 Å². The number of aliphatic hydroxyl groups excluding tert-OH is 1. The van der Waals surface area contributed by atoms with Gasteiger partial charge in [-0.05, 0) is 48.9 Å². The number of aliphatic hydroxyl groups is 1. The molecule has 1 saturated heterocycles. The van der Waals surface area contributed by atoms with Gasteiger partial charge >= 0.3 is 5.97 Å². The summed E-state index contributed by atoms with van der Waals surface area (Å²) in [6, 6.07) is 5.86. The molecule has 1 fully saturated rings. The summed E-state index contributed by atoms with van der Waals surface area (Å²) in [5.74, 6) is 0.113. The van der Waals surface area contributed by atoms with E-state index in [0.29, 0.717) is 32.4 Å². The van der Waals surface area contributed by atoms with Crippen molar-refractivity contribution in [2.75, 3.05) is 13.2 Å². The zero-order valence-electron chi connectivity index (χ0n) is 14.8. The van der Waals surface area contributed by atoms with Crippen molar-refractivity contribution in [2.45, 2.75) is 50.7 Å². The van der Waals surface area contributed by atoms with Gasteiger partial charge in [0.05, 0.1) is 18.6 Å². The molecule has 3 rings (SSSR count). The number of benzene rings is 1. The Balaban J connectivity index is 1.43. The largest absolute Gasteiger partial charge is 0.491 e. The monoisotopic (exact) mass is 359 g/mol. The van der Waals surface area contributed by atoms with Gasteiger partial charge in [-0.2, -0.15) is 0 Å². The summed E-state index contributed by atoms with van der Waals surface area (Å²) < 4.78 is 5.86. The van der Waals surface area contributed by atoms with Crippen LogP contribution in [0.1, 0.15) is 49.3 Å². The molecule has 1 aliphatic heterocycles. The normalized spacial score (nSPS) is 21.7. The molecule has 2 aliphatic rings. The van der Waals surface area contributed by atoms with E-state index >= 15 is 0 Å². The molecule has 0 radical (unpaired) electrons. The second-order valence-corrected chi connectivity index (χ2v) is 6.89. The summed E-state index contributed by atoms with van der Waals surface area (Å²) in [6.07, 6.45) is 7.10. The number of hydrogen-bond acceptors (Lipinski definition) is 4.